The largest absolute Gasteiger partial charge is 0.461 e. The van der Waals surface area contributed by atoms with Crippen molar-refractivity contribution in [3.05, 3.63) is 10.6 Å². The van der Waals surface area contributed by atoms with E-state index in [1.54, 1.807) is 4.90 Å². The summed E-state index contributed by atoms with van der Waals surface area (Å²) in [6.45, 7) is 17.4. The molecule has 1 unspecified atom stereocenters. The lowest BCUT2D eigenvalue weighted by Gasteiger charge is -2.48. The highest BCUT2D eigenvalue weighted by Crippen LogP contribution is 2.51. The van der Waals surface area contributed by atoms with Crippen molar-refractivity contribution in [3.8, 4) is 0 Å². The Morgan fingerprint density at radius 2 is 1.89 bits per heavy atom. The van der Waals surface area contributed by atoms with Gasteiger partial charge in [0, 0.05) is 11.4 Å². The number of fused-ring (bicyclic) bond motifs is 1. The lowest BCUT2D eigenvalue weighted by Crippen LogP contribution is -2.62. The average Bonchev–Trinajstić information content (AvgIpc) is 2.85. The van der Waals surface area contributed by atoms with Gasteiger partial charge in [-0.25, -0.2) is 4.79 Å². The van der Waals surface area contributed by atoms with Crippen LogP contribution in [0.4, 0.5) is 0 Å². The van der Waals surface area contributed by atoms with Crippen LogP contribution in [0.1, 0.15) is 41.5 Å². The number of rotatable bonds is 7. The Kier molecular flexibility index (Phi) is 6.56. The zero-order valence-corrected chi connectivity index (χ0v) is 19.6. The number of nitrogens with two attached hydrogens (primary N) is 1. The molecule has 6 nitrogen and oxygen atoms in total. The van der Waals surface area contributed by atoms with Gasteiger partial charge >= 0.3 is 5.97 Å². The van der Waals surface area contributed by atoms with Crippen molar-refractivity contribution < 1.29 is 18.8 Å². The van der Waals surface area contributed by atoms with Gasteiger partial charge in [0.05, 0.1) is 18.6 Å². The van der Waals surface area contributed by atoms with Gasteiger partial charge in [0.25, 0.3) is 0 Å². The molecule has 154 valence electrons. The molecule has 1 amide bonds. The molecule has 0 aliphatic carbocycles. The van der Waals surface area contributed by atoms with E-state index >= 15 is 0 Å². The van der Waals surface area contributed by atoms with Gasteiger partial charge in [0.2, 0.25) is 5.91 Å². The lowest BCUT2D eigenvalue weighted by molar-refractivity contribution is -0.158. The summed E-state index contributed by atoms with van der Waals surface area (Å²) in [5.74, 6) is -0.553. The fourth-order valence-electron chi connectivity index (χ4n) is 3.00. The number of esters is 1. The average molecular weight is 415 g/mol. The molecule has 0 bridgehead atoms. The molecule has 3 atom stereocenters. The summed E-state index contributed by atoms with van der Waals surface area (Å²) < 4.78 is 11.8. The molecule has 0 radical (unpaired) electrons. The van der Waals surface area contributed by atoms with E-state index in [1.807, 2.05) is 20.8 Å². The molecule has 1 saturated heterocycles. The van der Waals surface area contributed by atoms with E-state index in [-0.39, 0.29) is 40.8 Å². The first-order valence-electron chi connectivity index (χ1n) is 9.59. The number of carbonyl (C=O) groups is 2. The van der Waals surface area contributed by atoms with Gasteiger partial charge in [-0.15, -0.1) is 11.8 Å². The maximum Gasteiger partial charge on any atom is 0.355 e. The molecule has 0 aromatic rings. The summed E-state index contributed by atoms with van der Waals surface area (Å²) in [5, 5.41) is -0.0549. The third kappa shape index (κ3) is 4.28. The Bertz CT molecular complexity index is 642. The van der Waals surface area contributed by atoms with Gasteiger partial charge < -0.3 is 14.9 Å². The number of nitrogens with zero attached hydrogens (tertiary/aromatic N) is 1. The SMILES string of the molecule is CC(C)COC(=O)C1=C(CN)S[C@@H]2[C@@H](C(C)O[Si](C)(C)C(C)(C)C)C(=O)N12. The predicted octanol–water partition coefficient (Wildman–Crippen LogP) is 3.30. The van der Waals surface area contributed by atoms with E-state index in [4.69, 9.17) is 14.9 Å². The Hall–Kier alpha value is -0.833. The first kappa shape index (κ1) is 22.5. The van der Waals surface area contributed by atoms with Crippen LogP contribution in [0.15, 0.2) is 10.6 Å². The molecule has 2 aliphatic rings. The maximum absolute atomic E-state index is 12.9. The molecule has 1 fully saturated rings. The molecule has 2 heterocycles. The van der Waals surface area contributed by atoms with Crippen LogP contribution in [0, 0.1) is 11.8 Å². The Morgan fingerprint density at radius 3 is 2.37 bits per heavy atom. The van der Waals surface area contributed by atoms with E-state index < -0.39 is 14.3 Å². The Balaban J connectivity index is 2.13. The molecule has 8 heteroatoms. The van der Waals surface area contributed by atoms with Gasteiger partial charge in [0.15, 0.2) is 8.32 Å². The quantitative estimate of drug-likeness (QED) is 0.391. The number of hydrogen-bond acceptors (Lipinski definition) is 6. The highest BCUT2D eigenvalue weighted by atomic mass is 32.2. The van der Waals surface area contributed by atoms with Gasteiger partial charge in [-0.3, -0.25) is 9.69 Å². The third-order valence-corrected chi connectivity index (χ3v) is 11.5. The lowest BCUT2D eigenvalue weighted by atomic mass is 9.92. The van der Waals surface area contributed by atoms with Crippen LogP contribution in [0.5, 0.6) is 0 Å². The van der Waals surface area contributed by atoms with Crippen LogP contribution in [0.2, 0.25) is 18.1 Å². The van der Waals surface area contributed by atoms with E-state index in [2.05, 4.69) is 33.9 Å². The van der Waals surface area contributed by atoms with Gasteiger partial charge in [-0.2, -0.15) is 0 Å². The third-order valence-electron chi connectivity index (χ3n) is 5.57. The number of carbonyl (C=O) groups excluding carboxylic acids is 2. The number of ether oxygens (including phenoxy) is 1. The highest BCUT2D eigenvalue weighted by molar-refractivity contribution is 8.04. The second-order valence-electron chi connectivity index (χ2n) is 9.29. The molecule has 0 aromatic heterocycles. The van der Waals surface area contributed by atoms with Crippen LogP contribution in [0.3, 0.4) is 0 Å². The van der Waals surface area contributed by atoms with Gasteiger partial charge in [0.1, 0.15) is 11.1 Å². The minimum Gasteiger partial charge on any atom is -0.461 e. The molecular weight excluding hydrogens is 380 g/mol. The fraction of sp³-hybridized carbons (Fsp3) is 0.789. The summed E-state index contributed by atoms with van der Waals surface area (Å²) in [4.78, 5) is 27.7. The molecule has 2 N–H and O–H groups in total. The summed E-state index contributed by atoms with van der Waals surface area (Å²) in [5.41, 5.74) is 6.17. The summed E-state index contributed by atoms with van der Waals surface area (Å²) in [7, 11) is -1.99. The number of β-lactam (4-membered cyclic amide) rings is 1. The predicted molar refractivity (Wildman–Crippen MR) is 111 cm³/mol. The molecule has 0 aromatic carbocycles. The van der Waals surface area contributed by atoms with Crippen molar-refractivity contribution in [1.82, 2.24) is 4.90 Å². The molecular formula is C19H34N2O4SSi. The summed E-state index contributed by atoms with van der Waals surface area (Å²) >= 11 is 1.50. The molecule has 27 heavy (non-hydrogen) atoms. The van der Waals surface area contributed by atoms with Crippen molar-refractivity contribution in [1.29, 1.82) is 0 Å². The van der Waals surface area contributed by atoms with Gasteiger partial charge in [-0.1, -0.05) is 34.6 Å². The van der Waals surface area contributed by atoms with Crippen LogP contribution < -0.4 is 5.73 Å². The molecule has 0 spiro atoms. The zero-order chi connectivity index (χ0) is 20.7. The molecule has 0 saturated carbocycles. The number of thioether (sulfide) groups is 1. The minimum atomic E-state index is -1.99. The Labute approximate surface area is 168 Å². The molecule has 2 aliphatic heterocycles. The number of hydrogen-bond donors (Lipinski definition) is 1. The zero-order valence-electron chi connectivity index (χ0n) is 17.8. The first-order chi connectivity index (χ1) is 12.3. The standard InChI is InChI=1S/C19H34N2O4SSi/c1-11(2)10-24-18(23)15-13(9-20)26-17-14(16(22)21(15)17)12(3)25-27(7,8)19(4,5)6/h11-12,14,17H,9-10,20H2,1-8H3/t12?,14-,17+/m0/s1. The van der Waals surface area contributed by atoms with Crippen molar-refractivity contribution in [2.45, 2.75) is 71.2 Å². The minimum absolute atomic E-state index is 0.0707. The van der Waals surface area contributed by atoms with Crippen molar-refractivity contribution in [3.63, 3.8) is 0 Å². The van der Waals surface area contributed by atoms with Crippen LogP contribution in [0.25, 0.3) is 0 Å². The maximum atomic E-state index is 12.9. The second kappa shape index (κ2) is 7.89. The normalized spacial score (nSPS) is 24.2. The number of amides is 1. The Morgan fingerprint density at radius 1 is 1.30 bits per heavy atom. The second-order valence-corrected chi connectivity index (χ2v) is 15.3. The van der Waals surface area contributed by atoms with Crippen molar-refractivity contribution in [2.24, 2.45) is 17.6 Å². The van der Waals surface area contributed by atoms with Crippen LogP contribution >= 0.6 is 11.8 Å². The van der Waals surface area contributed by atoms with Gasteiger partial charge in [-0.05, 0) is 31.0 Å². The van der Waals surface area contributed by atoms with Crippen LogP contribution in [-0.2, 0) is 18.8 Å². The van der Waals surface area contributed by atoms with Crippen molar-refractivity contribution >= 4 is 32.0 Å². The topological polar surface area (TPSA) is 81.9 Å². The van der Waals surface area contributed by atoms with Crippen molar-refractivity contribution in [2.75, 3.05) is 13.2 Å². The monoisotopic (exact) mass is 414 g/mol. The van der Waals surface area contributed by atoms with Crippen LogP contribution in [-0.4, -0.2) is 49.7 Å². The smallest absolute Gasteiger partial charge is 0.355 e. The summed E-state index contributed by atoms with van der Waals surface area (Å²) in [6.07, 6.45) is -0.197. The fourth-order valence-corrected chi connectivity index (χ4v) is 5.91. The van der Waals surface area contributed by atoms with E-state index in [0.717, 1.165) is 4.91 Å². The first-order valence-corrected chi connectivity index (χ1v) is 13.4. The highest BCUT2D eigenvalue weighted by Gasteiger charge is 2.59. The van der Waals surface area contributed by atoms with E-state index in [1.165, 1.54) is 11.8 Å². The summed E-state index contributed by atoms with van der Waals surface area (Å²) in [6, 6.07) is 0. The van der Waals surface area contributed by atoms with E-state index in [9.17, 15) is 9.59 Å². The van der Waals surface area contributed by atoms with E-state index in [0.29, 0.717) is 12.3 Å². The molecule has 2 rings (SSSR count).